The van der Waals surface area contributed by atoms with Crippen molar-refractivity contribution in [3.05, 3.63) is 65.2 Å². The minimum absolute atomic E-state index is 0.0962. The van der Waals surface area contributed by atoms with Crippen LogP contribution < -0.4 is 10.1 Å². The average Bonchev–Trinajstić information content (AvgIpc) is 3.11. The predicted octanol–water partition coefficient (Wildman–Crippen LogP) is 3.13. The van der Waals surface area contributed by atoms with Crippen LogP contribution in [0.4, 0.5) is 18.0 Å². The van der Waals surface area contributed by atoms with Crippen molar-refractivity contribution in [2.24, 2.45) is 0 Å². The van der Waals surface area contributed by atoms with E-state index in [1.54, 1.807) is 4.90 Å². The van der Waals surface area contributed by atoms with Gasteiger partial charge in [0, 0.05) is 20.1 Å². The molecule has 0 aliphatic carbocycles. The van der Waals surface area contributed by atoms with Crippen LogP contribution in [0.5, 0.6) is 5.75 Å². The number of likely N-dealkylation sites (N-methyl/N-ethyl adjacent to an activating group) is 1. The number of halogens is 3. The zero-order valence-corrected chi connectivity index (χ0v) is 16.1. The number of fused-ring (bicyclic) bond motifs is 2. The number of rotatable bonds is 2. The van der Waals surface area contributed by atoms with Crippen molar-refractivity contribution in [2.45, 2.75) is 24.9 Å². The van der Waals surface area contributed by atoms with E-state index in [0.717, 1.165) is 17.7 Å². The molecule has 2 atom stereocenters. The summed E-state index contributed by atoms with van der Waals surface area (Å²) in [6.07, 6.45) is -5.08. The van der Waals surface area contributed by atoms with Gasteiger partial charge in [-0.1, -0.05) is 30.3 Å². The highest BCUT2D eigenvalue weighted by Crippen LogP contribution is 2.36. The lowest BCUT2D eigenvalue weighted by Crippen LogP contribution is -2.44. The first kappa shape index (κ1) is 20.1. The SMILES string of the molecule is CN1C(=O)c2cc(C(F)(F)F)ccc2OC2CN(C(=O)NCc3ccccc3)CC21. The molecule has 2 heterocycles. The third-order valence-corrected chi connectivity index (χ3v) is 5.44. The number of nitrogens with zero attached hydrogens (tertiary/aromatic N) is 2. The maximum Gasteiger partial charge on any atom is 0.416 e. The molecule has 9 heteroatoms. The Hall–Kier alpha value is -3.23. The monoisotopic (exact) mass is 419 g/mol. The van der Waals surface area contributed by atoms with Crippen LogP contribution >= 0.6 is 0 Å². The number of likely N-dealkylation sites (tertiary alicyclic amines) is 1. The largest absolute Gasteiger partial charge is 0.486 e. The van der Waals surface area contributed by atoms with E-state index in [0.29, 0.717) is 6.54 Å². The molecule has 158 valence electrons. The summed E-state index contributed by atoms with van der Waals surface area (Å²) in [4.78, 5) is 28.3. The van der Waals surface area contributed by atoms with Crippen molar-refractivity contribution in [3.63, 3.8) is 0 Å². The number of hydrogen-bond acceptors (Lipinski definition) is 3. The fraction of sp³-hybridized carbons (Fsp3) is 0.333. The summed E-state index contributed by atoms with van der Waals surface area (Å²) < 4.78 is 45.0. The van der Waals surface area contributed by atoms with Gasteiger partial charge in [0.2, 0.25) is 0 Å². The Labute approximate surface area is 171 Å². The van der Waals surface area contributed by atoms with E-state index >= 15 is 0 Å². The van der Waals surface area contributed by atoms with Crippen LogP contribution in [0.2, 0.25) is 0 Å². The minimum Gasteiger partial charge on any atom is -0.486 e. The van der Waals surface area contributed by atoms with Crippen LogP contribution in [0.3, 0.4) is 0 Å². The summed E-state index contributed by atoms with van der Waals surface area (Å²) in [6.45, 7) is 0.821. The first-order chi connectivity index (χ1) is 14.2. The summed E-state index contributed by atoms with van der Waals surface area (Å²) in [6, 6.07) is 11.6. The Kier molecular flexibility index (Phi) is 5.05. The molecule has 0 radical (unpaired) electrons. The van der Waals surface area contributed by atoms with Crippen molar-refractivity contribution in [2.75, 3.05) is 20.1 Å². The zero-order valence-electron chi connectivity index (χ0n) is 16.1. The first-order valence-electron chi connectivity index (χ1n) is 9.46. The van der Waals surface area contributed by atoms with Gasteiger partial charge in [0.25, 0.3) is 5.91 Å². The zero-order chi connectivity index (χ0) is 21.5. The summed E-state index contributed by atoms with van der Waals surface area (Å²) in [5.41, 5.74) is -0.0698. The van der Waals surface area contributed by atoms with E-state index < -0.39 is 29.8 Å². The smallest absolute Gasteiger partial charge is 0.416 e. The van der Waals surface area contributed by atoms with Crippen molar-refractivity contribution in [3.8, 4) is 5.75 Å². The number of carbonyl (C=O) groups is 2. The molecule has 2 unspecified atom stereocenters. The maximum absolute atomic E-state index is 13.0. The molecule has 1 fully saturated rings. The second-order valence-electron chi connectivity index (χ2n) is 7.40. The van der Waals surface area contributed by atoms with Crippen LogP contribution in [0, 0.1) is 0 Å². The Morgan fingerprint density at radius 2 is 1.90 bits per heavy atom. The van der Waals surface area contributed by atoms with Gasteiger partial charge in [-0.05, 0) is 23.8 Å². The quantitative estimate of drug-likeness (QED) is 0.814. The van der Waals surface area contributed by atoms with Crippen molar-refractivity contribution >= 4 is 11.9 Å². The molecule has 0 bridgehead atoms. The fourth-order valence-electron chi connectivity index (χ4n) is 3.78. The molecule has 0 aromatic heterocycles. The normalized spacial score (nSPS) is 20.9. The third kappa shape index (κ3) is 3.79. The van der Waals surface area contributed by atoms with Gasteiger partial charge in [0.1, 0.15) is 11.9 Å². The fourth-order valence-corrected chi connectivity index (χ4v) is 3.78. The second-order valence-corrected chi connectivity index (χ2v) is 7.40. The second kappa shape index (κ2) is 7.55. The van der Waals surface area contributed by atoms with E-state index in [2.05, 4.69) is 5.32 Å². The standard InChI is InChI=1S/C21H20F3N3O3/c1-26-16-11-27(20(29)25-10-13-5-3-2-4-6-13)12-18(16)30-17-8-7-14(21(22,23)24)9-15(17)19(26)28/h2-9,16,18H,10-12H2,1H3,(H,25,29). The number of hydrogen-bond donors (Lipinski definition) is 1. The molecule has 2 aromatic rings. The summed E-state index contributed by atoms with van der Waals surface area (Å²) >= 11 is 0. The number of amides is 3. The van der Waals surface area contributed by atoms with E-state index in [9.17, 15) is 22.8 Å². The number of alkyl halides is 3. The van der Waals surface area contributed by atoms with Gasteiger partial charge in [-0.3, -0.25) is 4.79 Å². The molecule has 2 aromatic carbocycles. The number of nitrogens with one attached hydrogen (secondary N) is 1. The summed E-state index contributed by atoms with van der Waals surface area (Å²) in [7, 11) is 1.52. The Bertz CT molecular complexity index is 965. The molecular weight excluding hydrogens is 399 g/mol. The first-order valence-corrected chi connectivity index (χ1v) is 9.46. The van der Waals surface area contributed by atoms with E-state index in [1.165, 1.54) is 18.0 Å². The highest BCUT2D eigenvalue weighted by Gasteiger charge is 2.44. The number of ether oxygens (including phenoxy) is 1. The highest BCUT2D eigenvalue weighted by molar-refractivity contribution is 5.97. The molecule has 3 amide bonds. The molecule has 6 nitrogen and oxygen atoms in total. The summed E-state index contributed by atoms with van der Waals surface area (Å²) in [5.74, 6) is -0.464. The van der Waals surface area contributed by atoms with Crippen LogP contribution in [-0.2, 0) is 12.7 Å². The van der Waals surface area contributed by atoms with Crippen LogP contribution in [0.25, 0.3) is 0 Å². The van der Waals surface area contributed by atoms with E-state index in [1.807, 2.05) is 30.3 Å². The van der Waals surface area contributed by atoms with Crippen LogP contribution in [0.15, 0.2) is 48.5 Å². The van der Waals surface area contributed by atoms with Crippen LogP contribution in [0.1, 0.15) is 21.5 Å². The van der Waals surface area contributed by atoms with Gasteiger partial charge < -0.3 is 19.9 Å². The maximum atomic E-state index is 13.0. The number of urea groups is 1. The Morgan fingerprint density at radius 3 is 2.60 bits per heavy atom. The highest BCUT2D eigenvalue weighted by atomic mass is 19.4. The van der Waals surface area contributed by atoms with Gasteiger partial charge in [-0.25, -0.2) is 4.79 Å². The molecule has 30 heavy (non-hydrogen) atoms. The van der Waals surface area contributed by atoms with Gasteiger partial charge in [-0.2, -0.15) is 13.2 Å². The van der Waals surface area contributed by atoms with Gasteiger partial charge in [-0.15, -0.1) is 0 Å². The van der Waals surface area contributed by atoms with Gasteiger partial charge in [0.15, 0.2) is 0 Å². The van der Waals surface area contributed by atoms with E-state index in [4.69, 9.17) is 4.74 Å². The van der Waals surface area contributed by atoms with E-state index in [-0.39, 0.29) is 30.4 Å². The molecule has 2 aliphatic rings. The average molecular weight is 419 g/mol. The lowest BCUT2D eigenvalue weighted by molar-refractivity contribution is -0.137. The Balaban J connectivity index is 1.49. The summed E-state index contributed by atoms with van der Waals surface area (Å²) in [5, 5.41) is 2.84. The van der Waals surface area contributed by atoms with Gasteiger partial charge >= 0.3 is 12.2 Å². The lowest BCUT2D eigenvalue weighted by Gasteiger charge is -2.25. The predicted molar refractivity (Wildman–Crippen MR) is 102 cm³/mol. The van der Waals surface area contributed by atoms with Crippen molar-refractivity contribution < 1.29 is 27.5 Å². The third-order valence-electron chi connectivity index (χ3n) is 5.44. The topological polar surface area (TPSA) is 61.9 Å². The molecule has 1 N–H and O–H groups in total. The number of benzene rings is 2. The molecule has 0 saturated carbocycles. The molecule has 2 aliphatic heterocycles. The molecule has 4 rings (SSSR count). The molecule has 0 spiro atoms. The lowest BCUT2D eigenvalue weighted by atomic mass is 10.1. The van der Waals surface area contributed by atoms with Crippen molar-refractivity contribution in [1.82, 2.24) is 15.1 Å². The molecule has 1 saturated heterocycles. The number of carbonyl (C=O) groups excluding carboxylic acids is 2. The Morgan fingerprint density at radius 1 is 1.17 bits per heavy atom. The van der Waals surface area contributed by atoms with Crippen LogP contribution in [-0.4, -0.2) is 54.0 Å². The molecular formula is C21H20F3N3O3. The van der Waals surface area contributed by atoms with Crippen molar-refractivity contribution in [1.29, 1.82) is 0 Å². The minimum atomic E-state index is -4.55. The van der Waals surface area contributed by atoms with Gasteiger partial charge in [0.05, 0.1) is 23.7 Å².